The zero-order valence-corrected chi connectivity index (χ0v) is 78.6. The number of aromatic nitrogens is 6. The maximum Gasteiger partial charge on any atom is 0.0547 e. The summed E-state index contributed by atoms with van der Waals surface area (Å²) in [6, 6.07) is 199. The molecule has 0 N–H and O–H groups in total. The van der Waals surface area contributed by atoms with Gasteiger partial charge < -0.3 is 27.4 Å². The van der Waals surface area contributed by atoms with Gasteiger partial charge in [0.2, 0.25) is 0 Å². The summed E-state index contributed by atoms with van der Waals surface area (Å²) in [4.78, 5) is 0. The van der Waals surface area contributed by atoms with Gasteiger partial charge in [-0.3, -0.25) is 0 Å². The smallest absolute Gasteiger partial charge is 0.0547 e. The lowest BCUT2D eigenvalue weighted by atomic mass is 9.98. The van der Waals surface area contributed by atoms with Gasteiger partial charge in [0.15, 0.2) is 0 Å². The van der Waals surface area contributed by atoms with Gasteiger partial charge >= 0.3 is 0 Å². The second-order valence-electron chi connectivity index (χ2n) is 37.8. The maximum atomic E-state index is 2.43. The van der Waals surface area contributed by atoms with E-state index in [1.807, 2.05) is 0 Å². The number of hydrogen-bond donors (Lipinski definition) is 0. The van der Waals surface area contributed by atoms with Gasteiger partial charge in [-0.25, -0.2) is 0 Å². The van der Waals surface area contributed by atoms with Crippen LogP contribution in [0, 0.1) is 0 Å². The zero-order valence-electron chi connectivity index (χ0n) is 78.6. The van der Waals surface area contributed by atoms with E-state index in [0.717, 1.165) is 17.1 Å². The molecule has 0 spiro atoms. The largest absolute Gasteiger partial charge is 0.309 e. The number of benzene rings is 24. The minimum Gasteiger partial charge on any atom is -0.309 e. The highest BCUT2D eigenvalue weighted by Gasteiger charge is 2.25. The van der Waals surface area contributed by atoms with Crippen LogP contribution in [0.15, 0.2) is 546 Å². The second-order valence-corrected chi connectivity index (χ2v) is 37.8. The van der Waals surface area contributed by atoms with Gasteiger partial charge in [0, 0.05) is 98.8 Å². The molecule has 6 heterocycles. The highest BCUT2D eigenvalue weighted by atomic mass is 15.0. The molecule has 30 rings (SSSR count). The van der Waals surface area contributed by atoms with E-state index in [1.165, 1.54) is 247 Å². The molecule has 6 nitrogen and oxygen atoms in total. The van der Waals surface area contributed by atoms with Gasteiger partial charge in [-0.1, -0.05) is 400 Å². The Morgan fingerprint density at radius 2 is 0.312 bits per heavy atom. The molecule has 30 aromatic rings. The molecule has 0 aliphatic rings. The highest BCUT2D eigenvalue weighted by molar-refractivity contribution is 6.22. The highest BCUT2D eigenvalue weighted by Crippen LogP contribution is 2.48. The third-order valence-electron chi connectivity index (χ3n) is 29.7. The fourth-order valence-corrected chi connectivity index (χ4v) is 23.2. The number of fused-ring (bicyclic) bond motifs is 21. The molecule has 0 aliphatic carbocycles. The van der Waals surface area contributed by atoms with Crippen molar-refractivity contribution in [3.8, 4) is 101 Å². The van der Waals surface area contributed by atoms with Crippen LogP contribution in [-0.4, -0.2) is 27.4 Å². The van der Waals surface area contributed by atoms with Crippen LogP contribution < -0.4 is 0 Å². The number of hydrogen-bond acceptors (Lipinski definition) is 0. The van der Waals surface area contributed by atoms with Crippen molar-refractivity contribution >= 4 is 163 Å². The Balaban J connectivity index is 0.000000105. The van der Waals surface area contributed by atoms with Crippen LogP contribution in [0.2, 0.25) is 0 Å². The Labute approximate surface area is 831 Å². The molecule has 144 heavy (non-hydrogen) atoms. The van der Waals surface area contributed by atoms with Gasteiger partial charge in [0.1, 0.15) is 0 Å². The normalized spacial score (nSPS) is 11.8. The topological polar surface area (TPSA) is 29.6 Å². The summed E-state index contributed by atoms with van der Waals surface area (Å²) in [5.41, 5.74) is 36.1. The standard InChI is InChI=1S/3C46H30N2/c1-2-12-31(13-3-1)34-16-10-17-36(28-34)48-42-21-8-6-18-39(42)40-27-25-35(30-45(40)48)38-20-11-23-44-46(38)41-19-7-9-22-43(41)47(44)37-26-24-32-14-4-5-15-33(32)29-37;1-2-12-31(13-3-1)34-16-10-17-36(28-34)47-43-22-9-7-19-41(43)46-38(20-11-23-44(46)47)35-25-27-40-39-18-6-8-21-42(39)48(45(40)30-35)37-26-24-32-14-4-5-15-33(32)29-37;1-2-11-31(12-3-1)33-21-25-36(26-22-33)47-42-18-8-6-15-39(42)40-28-24-35(30-45(40)47)38-17-10-20-44-46(38)41-16-7-9-19-43(41)48(44)37-27-23-32-13-4-5-14-34(32)29-37/h3*1-30H. The minimum absolute atomic E-state index is 1.16. The first-order valence-electron chi connectivity index (χ1n) is 49.6. The van der Waals surface area contributed by atoms with Crippen molar-refractivity contribution in [3.05, 3.63) is 546 Å². The molecule has 0 radical (unpaired) electrons. The first-order valence-corrected chi connectivity index (χ1v) is 49.6. The summed E-state index contributed by atoms with van der Waals surface area (Å²) in [6.45, 7) is 0. The molecule has 672 valence electrons. The minimum atomic E-state index is 1.16. The van der Waals surface area contributed by atoms with Crippen LogP contribution in [0.25, 0.3) is 264 Å². The van der Waals surface area contributed by atoms with Crippen molar-refractivity contribution in [3.63, 3.8) is 0 Å². The Bertz CT molecular complexity index is 10400. The Kier molecular flexibility index (Phi) is 19.9. The van der Waals surface area contributed by atoms with Crippen LogP contribution in [0.4, 0.5) is 0 Å². The van der Waals surface area contributed by atoms with Crippen molar-refractivity contribution in [1.29, 1.82) is 0 Å². The lowest BCUT2D eigenvalue weighted by Crippen LogP contribution is -1.95. The number of rotatable bonds is 12. The van der Waals surface area contributed by atoms with E-state index in [9.17, 15) is 0 Å². The summed E-state index contributed by atoms with van der Waals surface area (Å²) in [6.07, 6.45) is 0. The predicted octanol–water partition coefficient (Wildman–Crippen LogP) is 37.1. The monoisotopic (exact) mass is 1830 g/mol. The first-order chi connectivity index (χ1) is 71.4. The second kappa shape index (κ2) is 34.5. The third kappa shape index (κ3) is 13.9. The summed E-state index contributed by atoms with van der Waals surface area (Å²) >= 11 is 0. The average molecular weight is 1830 g/mol. The molecule has 0 atom stereocenters. The van der Waals surface area contributed by atoms with Crippen LogP contribution in [0.3, 0.4) is 0 Å². The number of nitrogens with zero attached hydrogens (tertiary/aromatic N) is 6. The van der Waals surface area contributed by atoms with Crippen molar-refractivity contribution in [1.82, 2.24) is 27.4 Å². The Morgan fingerprint density at radius 3 is 0.646 bits per heavy atom. The maximum absolute atomic E-state index is 2.43. The average Bonchev–Trinajstić information content (AvgIpc) is 1.57. The quantitative estimate of drug-likeness (QED) is 0.117. The summed E-state index contributed by atoms with van der Waals surface area (Å²) < 4.78 is 14.5. The fraction of sp³-hybridized carbons (Fsp3) is 0. The van der Waals surface area contributed by atoms with Crippen LogP contribution in [-0.2, 0) is 0 Å². The summed E-state index contributed by atoms with van der Waals surface area (Å²) in [7, 11) is 0. The van der Waals surface area contributed by atoms with Crippen molar-refractivity contribution in [2.75, 3.05) is 0 Å². The van der Waals surface area contributed by atoms with Gasteiger partial charge in [-0.15, -0.1) is 0 Å². The Morgan fingerprint density at radius 1 is 0.0972 bits per heavy atom. The molecule has 6 heteroatoms. The third-order valence-corrected chi connectivity index (χ3v) is 29.7. The summed E-state index contributed by atoms with van der Waals surface area (Å²) in [5, 5.41) is 22.6. The van der Waals surface area contributed by atoms with Crippen molar-refractivity contribution < 1.29 is 0 Å². The molecule has 0 saturated carbocycles. The molecule has 0 amide bonds. The Hall–Kier alpha value is -19.1. The van der Waals surface area contributed by atoms with Crippen LogP contribution >= 0.6 is 0 Å². The molecule has 0 saturated heterocycles. The van der Waals surface area contributed by atoms with Gasteiger partial charge in [-0.2, -0.15) is 0 Å². The number of para-hydroxylation sites is 6. The van der Waals surface area contributed by atoms with E-state index in [-0.39, 0.29) is 0 Å². The fourth-order valence-electron chi connectivity index (χ4n) is 23.2. The van der Waals surface area contributed by atoms with Gasteiger partial charge in [0.25, 0.3) is 0 Å². The van der Waals surface area contributed by atoms with Crippen LogP contribution in [0.1, 0.15) is 0 Å². The molecule has 24 aromatic carbocycles. The van der Waals surface area contributed by atoms with E-state index in [1.54, 1.807) is 0 Å². The first kappa shape index (κ1) is 83.1. The molecule has 0 unspecified atom stereocenters. The predicted molar refractivity (Wildman–Crippen MR) is 610 cm³/mol. The van der Waals surface area contributed by atoms with E-state index in [0.29, 0.717) is 0 Å². The van der Waals surface area contributed by atoms with Gasteiger partial charge in [-0.05, 0) is 245 Å². The molecule has 0 aliphatic heterocycles. The van der Waals surface area contributed by atoms with E-state index < -0.39 is 0 Å². The molecule has 0 bridgehead atoms. The van der Waals surface area contributed by atoms with Crippen molar-refractivity contribution in [2.45, 2.75) is 0 Å². The molecular weight excluding hydrogens is 1740 g/mol. The van der Waals surface area contributed by atoms with Gasteiger partial charge in [0.05, 0.1) is 66.2 Å². The lowest BCUT2D eigenvalue weighted by Gasteiger charge is -2.12. The lowest BCUT2D eigenvalue weighted by molar-refractivity contribution is 1.18. The molecule has 0 fully saturated rings. The summed E-state index contributed by atoms with van der Waals surface area (Å²) in [5.74, 6) is 0. The van der Waals surface area contributed by atoms with E-state index in [2.05, 4.69) is 573 Å². The van der Waals surface area contributed by atoms with E-state index >= 15 is 0 Å². The molecular formula is C138H90N6. The molecule has 6 aromatic heterocycles. The van der Waals surface area contributed by atoms with Crippen molar-refractivity contribution in [2.24, 2.45) is 0 Å². The zero-order chi connectivity index (χ0) is 94.8. The van der Waals surface area contributed by atoms with E-state index in [4.69, 9.17) is 0 Å². The SMILES string of the molecule is c1ccc(-c2ccc(-n3c4ccccc4c4ccc(-c5cccc6c5c5ccccc5n6-c5ccc6ccccc6c5)cc43)cc2)cc1.c1ccc(-c2cccc(-n3c4ccccc4c4c(-c5ccc6c7ccccc7n(-c7ccc8ccccc8c7)c6c5)cccc43)c2)cc1.c1ccc(-c2cccc(-n3c4ccccc4c4ccc(-c5cccc6c5c5ccccc5n6-c5ccc6ccccc6c5)cc43)c2)cc1. The van der Waals surface area contributed by atoms with Crippen LogP contribution in [0.5, 0.6) is 0 Å².